The molecule has 0 spiro atoms. The van der Waals surface area contributed by atoms with Crippen LogP contribution in [0.5, 0.6) is 0 Å². The summed E-state index contributed by atoms with van der Waals surface area (Å²) in [5.74, 6) is 0.149. The van der Waals surface area contributed by atoms with Crippen molar-refractivity contribution >= 4 is 5.91 Å². The van der Waals surface area contributed by atoms with Crippen LogP contribution in [0, 0.1) is 5.41 Å². The van der Waals surface area contributed by atoms with Crippen molar-refractivity contribution in [3.8, 4) is 0 Å². The van der Waals surface area contributed by atoms with E-state index in [2.05, 4.69) is 123 Å². The quantitative estimate of drug-likeness (QED) is 0.149. The first-order chi connectivity index (χ1) is 27.8. The van der Waals surface area contributed by atoms with E-state index in [0.29, 0.717) is 6.42 Å². The topological polar surface area (TPSA) is 183 Å². The fourth-order valence-corrected chi connectivity index (χ4v) is 11.2. The van der Waals surface area contributed by atoms with Gasteiger partial charge in [-0.25, -0.2) is 0 Å². The third kappa shape index (κ3) is 12.9. The Morgan fingerprint density at radius 3 is 1.74 bits per heavy atom. The Balaban J connectivity index is 2.30. The summed E-state index contributed by atoms with van der Waals surface area (Å²) in [6, 6.07) is -2.53. The van der Waals surface area contributed by atoms with Gasteiger partial charge >= 0.3 is 0 Å². The molecule has 0 radical (unpaired) electrons. The highest BCUT2D eigenvalue weighted by molar-refractivity contribution is 5.80. The summed E-state index contributed by atoms with van der Waals surface area (Å²) < 4.78 is 27.3. The second-order valence-electron chi connectivity index (χ2n) is 24.9. The predicted octanol–water partition coefficient (Wildman–Crippen LogP) is 5.27. The number of ether oxygens (including phenoxy) is 4. The zero-order valence-corrected chi connectivity index (χ0v) is 42.8. The minimum Gasteiger partial charge on any atom is -0.467 e. The summed E-state index contributed by atoms with van der Waals surface area (Å²) in [5.41, 5.74) is 1.93. The fourth-order valence-electron chi connectivity index (χ4n) is 11.2. The Labute approximate surface area is 376 Å². The third-order valence-corrected chi connectivity index (χ3v) is 12.4. The van der Waals surface area contributed by atoms with E-state index < -0.39 is 89.4 Å². The Morgan fingerprint density at radius 1 is 0.806 bits per heavy atom. The van der Waals surface area contributed by atoms with E-state index in [1.54, 1.807) is 6.92 Å². The van der Waals surface area contributed by atoms with Gasteiger partial charge in [0.25, 0.3) is 0 Å². The number of aliphatic hydroxyl groups is 4. The number of hydrogen-bond acceptors (Lipinski definition) is 13. The molecule has 12 atom stereocenters. The standard InChI is InChI=1S/C48H93N5O9/c1-28(2)51(43(6,7)8)31-26-29(50-39(57)32(54)24-25-49)36(61-41-35(56)38(48(21,58)27-59-41)53(46(15,16)17)47(18,19)20)34(55)37(31)62-40-30(22-23-33(60-40)42(3,4)5)52(44(9,10)11)45(12,13)14/h23,28-32,34-38,40-41,54-56,58H,22,24-27,49H2,1-21H3,(H,50,57)/t29-,30-,31?,32+,34-,35-,36+,37-,38-,40-,41-,48+/m1/s1. The van der Waals surface area contributed by atoms with Crippen molar-refractivity contribution in [2.45, 2.75) is 271 Å². The molecule has 2 aliphatic heterocycles. The average molecular weight is 884 g/mol. The van der Waals surface area contributed by atoms with Gasteiger partial charge < -0.3 is 50.4 Å². The fraction of sp³-hybridized carbons (Fsp3) is 0.938. The maximum absolute atomic E-state index is 13.7. The first kappa shape index (κ1) is 54.9. The second kappa shape index (κ2) is 19.4. The smallest absolute Gasteiger partial charge is 0.249 e. The van der Waals surface area contributed by atoms with Gasteiger partial charge in [-0.05, 0) is 157 Å². The SMILES string of the molecule is CC(C)N(C1C[C@@H](NC(=O)[C@@H](O)CCN)[C@H](O[C@H]2OC[C@](C)(O)[C@H](N(C(C)(C)C)C(C)(C)C)[C@H]2O)[C@@H](O)[C@@H]1O[C@H]1OC(C(C)(C)C)=CC[C@H]1N(C(C)(C)C)C(C)(C)C)C(C)(C)C. The van der Waals surface area contributed by atoms with Crippen LogP contribution in [0.15, 0.2) is 11.8 Å². The van der Waals surface area contributed by atoms with Crippen molar-refractivity contribution in [2.75, 3.05) is 13.2 Å². The van der Waals surface area contributed by atoms with Crippen LogP contribution in [0.2, 0.25) is 0 Å². The van der Waals surface area contributed by atoms with Crippen molar-refractivity contribution in [3.63, 3.8) is 0 Å². The number of carbonyl (C=O) groups excluding carboxylic acids is 1. The molecule has 0 bridgehead atoms. The van der Waals surface area contributed by atoms with Gasteiger partial charge in [0.2, 0.25) is 12.2 Å². The molecule has 1 aliphatic carbocycles. The van der Waals surface area contributed by atoms with E-state index in [1.807, 2.05) is 41.5 Å². The lowest BCUT2D eigenvalue weighted by atomic mass is 9.79. The molecule has 2 heterocycles. The highest BCUT2D eigenvalue weighted by Gasteiger charge is 2.58. The Kier molecular flexibility index (Phi) is 17.2. The van der Waals surface area contributed by atoms with Gasteiger partial charge in [-0.1, -0.05) is 20.8 Å². The first-order valence-electron chi connectivity index (χ1n) is 23.2. The number of rotatable bonds is 12. The normalized spacial score (nSPS) is 32.9. The highest BCUT2D eigenvalue weighted by Crippen LogP contribution is 2.43. The number of amides is 1. The molecule has 62 heavy (non-hydrogen) atoms. The average Bonchev–Trinajstić information content (AvgIpc) is 3.04. The zero-order valence-electron chi connectivity index (χ0n) is 42.8. The molecular weight excluding hydrogens is 791 g/mol. The highest BCUT2D eigenvalue weighted by atomic mass is 16.7. The number of nitrogens with zero attached hydrogens (tertiary/aromatic N) is 3. The molecule has 7 N–H and O–H groups in total. The van der Waals surface area contributed by atoms with Crippen LogP contribution in [0.1, 0.15) is 165 Å². The summed E-state index contributed by atoms with van der Waals surface area (Å²) in [6.45, 7) is 43.8. The van der Waals surface area contributed by atoms with E-state index in [-0.39, 0.29) is 54.6 Å². The number of nitrogens with two attached hydrogens (primary N) is 1. The van der Waals surface area contributed by atoms with Crippen molar-refractivity contribution in [1.82, 2.24) is 20.0 Å². The Hall–Kier alpha value is -1.43. The van der Waals surface area contributed by atoms with E-state index in [4.69, 9.17) is 24.7 Å². The monoisotopic (exact) mass is 884 g/mol. The maximum atomic E-state index is 13.7. The second-order valence-corrected chi connectivity index (χ2v) is 24.9. The number of hydrogen-bond donors (Lipinski definition) is 6. The Morgan fingerprint density at radius 2 is 1.31 bits per heavy atom. The summed E-state index contributed by atoms with van der Waals surface area (Å²) >= 11 is 0. The minimum atomic E-state index is -1.48. The van der Waals surface area contributed by atoms with Crippen LogP contribution >= 0.6 is 0 Å². The van der Waals surface area contributed by atoms with Crippen LogP contribution in [0.4, 0.5) is 0 Å². The summed E-state index contributed by atoms with van der Waals surface area (Å²) in [7, 11) is 0. The van der Waals surface area contributed by atoms with Gasteiger partial charge in [0.1, 0.15) is 41.9 Å². The maximum Gasteiger partial charge on any atom is 0.249 e. The van der Waals surface area contributed by atoms with E-state index >= 15 is 0 Å². The molecule has 1 unspecified atom stereocenters. The lowest BCUT2D eigenvalue weighted by Crippen LogP contribution is -2.74. The van der Waals surface area contributed by atoms with E-state index in [9.17, 15) is 25.2 Å². The molecule has 0 aromatic carbocycles. The molecule has 1 amide bonds. The molecule has 3 aliphatic rings. The summed E-state index contributed by atoms with van der Waals surface area (Å²) in [4.78, 5) is 20.6. The van der Waals surface area contributed by atoms with Crippen LogP contribution in [-0.4, -0.2) is 161 Å². The molecule has 0 aromatic heterocycles. The molecule has 1 saturated heterocycles. The van der Waals surface area contributed by atoms with E-state index in [0.717, 1.165) is 5.76 Å². The van der Waals surface area contributed by atoms with Gasteiger partial charge in [-0.3, -0.25) is 19.5 Å². The van der Waals surface area contributed by atoms with Gasteiger partial charge in [0.05, 0.1) is 24.7 Å². The van der Waals surface area contributed by atoms with Crippen molar-refractivity contribution in [2.24, 2.45) is 11.1 Å². The van der Waals surface area contributed by atoms with Gasteiger partial charge in [0.15, 0.2) is 6.29 Å². The lowest BCUT2D eigenvalue weighted by Gasteiger charge is -2.58. The van der Waals surface area contributed by atoms with Crippen LogP contribution in [0.25, 0.3) is 0 Å². The van der Waals surface area contributed by atoms with Crippen LogP contribution in [0.3, 0.4) is 0 Å². The van der Waals surface area contributed by atoms with Crippen LogP contribution < -0.4 is 11.1 Å². The summed E-state index contributed by atoms with van der Waals surface area (Å²) in [5, 5.41) is 51.2. The molecule has 3 rings (SSSR count). The van der Waals surface area contributed by atoms with E-state index in [1.165, 1.54) is 0 Å². The molecule has 364 valence electrons. The number of aliphatic hydroxyl groups excluding tert-OH is 3. The number of carbonyl (C=O) groups is 1. The van der Waals surface area contributed by atoms with Crippen molar-refractivity contribution in [3.05, 3.63) is 11.8 Å². The minimum absolute atomic E-state index is 0.0315. The van der Waals surface area contributed by atoms with Crippen molar-refractivity contribution < 1.29 is 44.2 Å². The lowest BCUT2D eigenvalue weighted by molar-refractivity contribution is -0.326. The number of nitrogens with one attached hydrogen (secondary N) is 1. The van der Waals surface area contributed by atoms with Gasteiger partial charge in [-0.15, -0.1) is 0 Å². The predicted molar refractivity (Wildman–Crippen MR) is 246 cm³/mol. The third-order valence-electron chi connectivity index (χ3n) is 12.4. The molecule has 2 fully saturated rings. The zero-order chi connectivity index (χ0) is 48.1. The molecule has 0 aromatic rings. The Bertz CT molecular complexity index is 1470. The molecular formula is C48H93N5O9. The van der Waals surface area contributed by atoms with Crippen LogP contribution in [-0.2, 0) is 23.7 Å². The van der Waals surface area contributed by atoms with Gasteiger partial charge in [0, 0.05) is 45.2 Å². The first-order valence-corrected chi connectivity index (χ1v) is 23.2. The number of allylic oxidation sites excluding steroid dienone is 1. The molecule has 14 heteroatoms. The largest absolute Gasteiger partial charge is 0.467 e. The van der Waals surface area contributed by atoms with Crippen molar-refractivity contribution in [1.29, 1.82) is 0 Å². The molecule has 14 nitrogen and oxygen atoms in total. The van der Waals surface area contributed by atoms with Gasteiger partial charge in [-0.2, -0.15) is 0 Å². The summed E-state index contributed by atoms with van der Waals surface area (Å²) in [6.07, 6.45) is -5.42. The molecule has 1 saturated carbocycles.